The van der Waals surface area contributed by atoms with Gasteiger partial charge >= 0.3 is 0 Å². The lowest BCUT2D eigenvalue weighted by molar-refractivity contribution is -0.122. The predicted octanol–water partition coefficient (Wildman–Crippen LogP) is 1.90. The Morgan fingerprint density at radius 2 is 2.30 bits per heavy atom. The van der Waals surface area contributed by atoms with Crippen molar-refractivity contribution < 1.29 is 9.32 Å². The highest BCUT2D eigenvalue weighted by Gasteiger charge is 2.19. The van der Waals surface area contributed by atoms with Crippen molar-refractivity contribution in [3.63, 3.8) is 0 Å². The first kappa shape index (κ1) is 17.0. The van der Waals surface area contributed by atoms with Crippen LogP contribution in [0.25, 0.3) is 0 Å². The van der Waals surface area contributed by atoms with E-state index in [9.17, 15) is 4.79 Å². The number of carbonyl (C=O) groups excluding carboxylic acids is 1. The van der Waals surface area contributed by atoms with Crippen molar-refractivity contribution in [3.8, 4) is 0 Å². The summed E-state index contributed by atoms with van der Waals surface area (Å²) in [6.07, 6.45) is 3.62. The maximum atomic E-state index is 11.9. The first-order valence-electron chi connectivity index (χ1n) is 7.00. The molecule has 114 valence electrons. The number of hydrogen-bond acceptors (Lipinski definition) is 4. The van der Waals surface area contributed by atoms with Crippen molar-refractivity contribution in [2.24, 2.45) is 0 Å². The number of nitrogens with one attached hydrogen (secondary N) is 2. The van der Waals surface area contributed by atoms with Crippen LogP contribution in [-0.2, 0) is 11.2 Å². The van der Waals surface area contributed by atoms with Gasteiger partial charge in [-0.3, -0.25) is 4.79 Å². The molecule has 0 aromatic carbocycles. The number of hydrogen-bond donors (Lipinski definition) is 2. The highest BCUT2D eigenvalue weighted by atomic mass is 35.5. The Morgan fingerprint density at radius 1 is 1.55 bits per heavy atom. The van der Waals surface area contributed by atoms with Crippen LogP contribution in [0.15, 0.2) is 4.52 Å². The van der Waals surface area contributed by atoms with E-state index >= 15 is 0 Å². The van der Waals surface area contributed by atoms with Crippen LogP contribution in [-0.4, -0.2) is 29.7 Å². The van der Waals surface area contributed by atoms with E-state index in [-0.39, 0.29) is 24.4 Å². The van der Waals surface area contributed by atoms with Crippen LogP contribution in [0.3, 0.4) is 0 Å². The van der Waals surface area contributed by atoms with Crippen molar-refractivity contribution in [2.45, 2.75) is 58.5 Å². The highest BCUT2D eigenvalue weighted by Crippen LogP contribution is 2.14. The van der Waals surface area contributed by atoms with Crippen molar-refractivity contribution in [1.29, 1.82) is 0 Å². The molecule has 1 aliphatic rings. The van der Waals surface area contributed by atoms with Crippen LogP contribution in [0.2, 0.25) is 0 Å². The molecule has 1 aromatic heterocycles. The number of carbonyl (C=O) groups is 1. The monoisotopic (exact) mass is 301 g/mol. The summed E-state index contributed by atoms with van der Waals surface area (Å²) in [5.41, 5.74) is 2.02. The third kappa shape index (κ3) is 4.49. The molecule has 0 spiro atoms. The number of amides is 1. The van der Waals surface area contributed by atoms with Gasteiger partial charge in [0.2, 0.25) is 5.91 Å². The molecular formula is C14H24ClN3O2. The minimum Gasteiger partial charge on any atom is -0.361 e. The fourth-order valence-electron chi connectivity index (χ4n) is 2.64. The lowest BCUT2D eigenvalue weighted by Gasteiger charge is -2.16. The molecule has 20 heavy (non-hydrogen) atoms. The van der Waals surface area contributed by atoms with Crippen LogP contribution >= 0.6 is 12.4 Å². The highest BCUT2D eigenvalue weighted by molar-refractivity contribution is 5.85. The van der Waals surface area contributed by atoms with Gasteiger partial charge in [0.1, 0.15) is 5.76 Å². The summed E-state index contributed by atoms with van der Waals surface area (Å²) < 4.78 is 5.14. The maximum absolute atomic E-state index is 11.9. The number of aryl methyl sites for hydroxylation is 2. The Kier molecular flexibility index (Phi) is 6.49. The first-order chi connectivity index (χ1) is 9.06. The zero-order chi connectivity index (χ0) is 13.8. The van der Waals surface area contributed by atoms with Gasteiger partial charge in [0.25, 0.3) is 0 Å². The largest absolute Gasteiger partial charge is 0.361 e. The molecule has 1 saturated heterocycles. The van der Waals surface area contributed by atoms with Crippen LogP contribution < -0.4 is 10.6 Å². The molecular weight excluding hydrogens is 278 g/mol. The van der Waals surface area contributed by atoms with Gasteiger partial charge in [-0.15, -0.1) is 12.4 Å². The van der Waals surface area contributed by atoms with Gasteiger partial charge in [-0.05, 0) is 46.6 Å². The minimum atomic E-state index is 0. The molecule has 1 aliphatic heterocycles. The molecule has 0 saturated carbocycles. The summed E-state index contributed by atoms with van der Waals surface area (Å²) in [7, 11) is 0. The van der Waals surface area contributed by atoms with Gasteiger partial charge in [-0.1, -0.05) is 5.16 Å². The minimum absolute atomic E-state index is 0. The molecule has 2 unspecified atom stereocenters. The molecule has 1 amide bonds. The van der Waals surface area contributed by atoms with E-state index in [0.717, 1.165) is 36.4 Å². The summed E-state index contributed by atoms with van der Waals surface area (Å²) in [5, 5.41) is 10.3. The van der Waals surface area contributed by atoms with Crippen molar-refractivity contribution in [3.05, 3.63) is 17.0 Å². The van der Waals surface area contributed by atoms with E-state index in [1.54, 1.807) is 0 Å². The lowest BCUT2D eigenvalue weighted by Crippen LogP contribution is -2.38. The van der Waals surface area contributed by atoms with Crippen LogP contribution in [0, 0.1) is 13.8 Å². The molecule has 0 bridgehead atoms. The maximum Gasteiger partial charge on any atom is 0.221 e. The second-order valence-electron chi connectivity index (χ2n) is 5.47. The summed E-state index contributed by atoms with van der Waals surface area (Å²) in [6, 6.07) is 0.456. The molecule has 2 N–H and O–H groups in total. The van der Waals surface area contributed by atoms with E-state index < -0.39 is 0 Å². The van der Waals surface area contributed by atoms with Crippen molar-refractivity contribution in [2.75, 3.05) is 6.54 Å². The van der Waals surface area contributed by atoms with E-state index in [1.165, 1.54) is 6.42 Å². The van der Waals surface area contributed by atoms with E-state index in [0.29, 0.717) is 12.5 Å². The van der Waals surface area contributed by atoms with Gasteiger partial charge in [-0.25, -0.2) is 0 Å². The van der Waals surface area contributed by atoms with E-state index in [2.05, 4.69) is 15.8 Å². The summed E-state index contributed by atoms with van der Waals surface area (Å²) in [5.74, 6) is 0.967. The average molecular weight is 302 g/mol. The fourth-order valence-corrected chi connectivity index (χ4v) is 2.64. The third-order valence-electron chi connectivity index (χ3n) is 3.69. The summed E-state index contributed by atoms with van der Waals surface area (Å²) >= 11 is 0. The Morgan fingerprint density at radius 3 is 2.85 bits per heavy atom. The fraction of sp³-hybridized carbons (Fsp3) is 0.714. The van der Waals surface area contributed by atoms with Gasteiger partial charge < -0.3 is 15.2 Å². The molecule has 2 atom stereocenters. The van der Waals surface area contributed by atoms with E-state index in [4.69, 9.17) is 4.52 Å². The first-order valence-corrected chi connectivity index (χ1v) is 7.00. The molecule has 0 aliphatic carbocycles. The molecule has 1 fully saturated rings. The summed E-state index contributed by atoms with van der Waals surface area (Å²) in [6.45, 7) is 6.90. The molecule has 5 nitrogen and oxygen atoms in total. The van der Waals surface area contributed by atoms with Gasteiger partial charge in [0, 0.05) is 24.1 Å². The van der Waals surface area contributed by atoms with Gasteiger partial charge in [0.15, 0.2) is 0 Å². The Balaban J connectivity index is 0.00000200. The predicted molar refractivity (Wildman–Crippen MR) is 80.2 cm³/mol. The van der Waals surface area contributed by atoms with Crippen LogP contribution in [0.5, 0.6) is 0 Å². The molecule has 2 heterocycles. The molecule has 6 heteroatoms. The Hall–Kier alpha value is -1.07. The van der Waals surface area contributed by atoms with Crippen LogP contribution in [0.4, 0.5) is 0 Å². The quantitative estimate of drug-likeness (QED) is 0.872. The zero-order valence-electron chi connectivity index (χ0n) is 12.4. The van der Waals surface area contributed by atoms with Crippen LogP contribution in [0.1, 0.15) is 43.2 Å². The Bertz CT molecular complexity index is 422. The van der Waals surface area contributed by atoms with E-state index in [1.807, 2.05) is 20.8 Å². The molecule has 0 radical (unpaired) electrons. The number of aromatic nitrogens is 1. The normalized spacial score (nSPS) is 19.4. The van der Waals surface area contributed by atoms with Crippen molar-refractivity contribution >= 4 is 18.3 Å². The topological polar surface area (TPSA) is 67.2 Å². The number of nitrogens with zero attached hydrogens (tertiary/aromatic N) is 1. The van der Waals surface area contributed by atoms with Gasteiger partial charge in [0.05, 0.1) is 5.69 Å². The number of halogens is 1. The lowest BCUT2D eigenvalue weighted by atomic mass is 10.1. The molecule has 1 aromatic rings. The Labute approximate surface area is 126 Å². The second-order valence-corrected chi connectivity index (χ2v) is 5.47. The SMILES string of the molecule is Cc1noc(C)c1CC(C)NC(=O)CC1CCCN1.Cl. The van der Waals surface area contributed by atoms with Gasteiger partial charge in [-0.2, -0.15) is 0 Å². The average Bonchev–Trinajstić information content (AvgIpc) is 2.94. The number of rotatable bonds is 5. The molecule has 2 rings (SSSR count). The second kappa shape index (κ2) is 7.64. The smallest absolute Gasteiger partial charge is 0.221 e. The zero-order valence-corrected chi connectivity index (χ0v) is 13.2. The standard InChI is InChI=1S/C14H23N3O2.ClH/c1-9(7-13-10(2)17-19-11(13)3)16-14(18)8-12-5-4-6-15-12;/h9,12,15H,4-8H2,1-3H3,(H,16,18);1H. The third-order valence-corrected chi connectivity index (χ3v) is 3.69. The van der Waals surface area contributed by atoms with Crippen molar-refractivity contribution in [1.82, 2.24) is 15.8 Å². The summed E-state index contributed by atoms with van der Waals surface area (Å²) in [4.78, 5) is 11.9.